The number of nitrogens with zero attached hydrogens (tertiary/aromatic N) is 1. The zero-order valence-electron chi connectivity index (χ0n) is 18.6. The predicted octanol–water partition coefficient (Wildman–Crippen LogP) is 1.37. The molecule has 2 amide bonds. The van der Waals surface area contributed by atoms with Crippen LogP contribution in [0.4, 0.5) is 4.79 Å². The molecule has 11 heteroatoms. The van der Waals surface area contributed by atoms with E-state index in [2.05, 4.69) is 15.9 Å². The van der Waals surface area contributed by atoms with E-state index >= 15 is 0 Å². The van der Waals surface area contributed by atoms with Crippen molar-refractivity contribution in [2.75, 3.05) is 39.6 Å². The van der Waals surface area contributed by atoms with Crippen molar-refractivity contribution in [3.05, 3.63) is 10.6 Å². The monoisotopic (exact) mass is 521 g/mol. The molecule has 2 heterocycles. The smallest absolute Gasteiger partial charge is 0.416 e. The van der Waals surface area contributed by atoms with Gasteiger partial charge in [0.05, 0.1) is 42.9 Å². The fourth-order valence-corrected chi connectivity index (χ4v) is 4.02. The van der Waals surface area contributed by atoms with Crippen LogP contribution >= 0.6 is 15.9 Å². The first-order valence-electron chi connectivity index (χ1n) is 10.7. The zero-order valence-corrected chi connectivity index (χ0v) is 20.2. The zero-order chi connectivity index (χ0) is 23.9. The molecule has 2 rings (SSSR count). The third-order valence-electron chi connectivity index (χ3n) is 5.41. The van der Waals surface area contributed by atoms with E-state index in [-0.39, 0.29) is 36.6 Å². The Morgan fingerprint density at radius 2 is 1.91 bits per heavy atom. The van der Waals surface area contributed by atoms with E-state index in [1.807, 2.05) is 13.8 Å². The summed E-state index contributed by atoms with van der Waals surface area (Å²) in [6.45, 7) is 6.54. The van der Waals surface area contributed by atoms with Crippen LogP contribution in [0.25, 0.3) is 0 Å². The fraction of sp³-hybridized carbons (Fsp3) is 0.762. The molecule has 2 N–H and O–H groups in total. The first-order valence-corrected chi connectivity index (χ1v) is 11.5. The molecule has 1 fully saturated rings. The van der Waals surface area contributed by atoms with Crippen molar-refractivity contribution < 1.29 is 43.5 Å². The topological polar surface area (TPSA) is 132 Å². The van der Waals surface area contributed by atoms with E-state index in [0.29, 0.717) is 26.2 Å². The van der Waals surface area contributed by atoms with E-state index in [4.69, 9.17) is 24.1 Å². The van der Waals surface area contributed by atoms with Crippen molar-refractivity contribution in [1.82, 2.24) is 4.90 Å². The summed E-state index contributed by atoms with van der Waals surface area (Å²) in [5.41, 5.74) is 0. The fourth-order valence-electron chi connectivity index (χ4n) is 3.50. The molecule has 2 aliphatic rings. The second-order valence-corrected chi connectivity index (χ2v) is 9.01. The predicted molar refractivity (Wildman–Crippen MR) is 116 cm³/mol. The number of rotatable bonds is 12. The number of hydrogen-bond donors (Lipinski definition) is 2. The van der Waals surface area contributed by atoms with Gasteiger partial charge in [0.1, 0.15) is 12.7 Å². The van der Waals surface area contributed by atoms with E-state index in [1.54, 1.807) is 0 Å². The minimum Gasteiger partial charge on any atom is -0.447 e. The van der Waals surface area contributed by atoms with Crippen molar-refractivity contribution in [3.8, 4) is 0 Å². The molecule has 0 spiro atoms. The number of amides is 2. The Labute approximate surface area is 195 Å². The van der Waals surface area contributed by atoms with Gasteiger partial charge in [-0.25, -0.2) is 9.69 Å². The molecule has 0 radical (unpaired) electrons. The van der Waals surface area contributed by atoms with Crippen molar-refractivity contribution in [3.63, 3.8) is 0 Å². The Morgan fingerprint density at radius 1 is 1.25 bits per heavy atom. The van der Waals surface area contributed by atoms with Crippen LogP contribution in [-0.4, -0.2) is 90.5 Å². The summed E-state index contributed by atoms with van der Waals surface area (Å²) in [6.07, 6.45) is -0.244. The number of carbonyl (C=O) groups excluding carboxylic acids is 3. The first-order chi connectivity index (χ1) is 15.1. The number of carbonyl (C=O) groups is 3. The molecule has 10 nitrogen and oxygen atoms in total. The van der Waals surface area contributed by atoms with Gasteiger partial charge in [-0.1, -0.05) is 20.8 Å². The second-order valence-electron chi connectivity index (χ2n) is 8.15. The van der Waals surface area contributed by atoms with E-state index in [1.165, 1.54) is 13.0 Å². The number of aliphatic hydroxyl groups is 2. The molecule has 182 valence electrons. The maximum absolute atomic E-state index is 13.0. The number of cyclic esters (lactones) is 1. The summed E-state index contributed by atoms with van der Waals surface area (Å²) in [6, 6.07) is -0.421. The molecule has 2 aliphatic heterocycles. The molecule has 0 unspecified atom stereocenters. The summed E-state index contributed by atoms with van der Waals surface area (Å²) in [4.78, 5) is 38.8. The molecule has 0 saturated carbocycles. The van der Waals surface area contributed by atoms with Crippen molar-refractivity contribution in [2.45, 2.75) is 51.5 Å². The number of aliphatic hydroxyl groups excluding tert-OH is 1. The lowest BCUT2D eigenvalue weighted by Crippen LogP contribution is -2.52. The number of halogens is 1. The Balaban J connectivity index is 1.97. The molecule has 0 aromatic heterocycles. The number of ketones is 1. The van der Waals surface area contributed by atoms with Crippen LogP contribution in [0.5, 0.6) is 0 Å². The summed E-state index contributed by atoms with van der Waals surface area (Å²) < 4.78 is 21.4. The largest absolute Gasteiger partial charge is 0.447 e. The SMILES string of the molecule is CC(C)[C@@H]1COC(=O)N1C(=O)[C@H](C)[C@@H]1O[C@@](O)(CCCOCCOCCO)C(Br)=CC1=O. The highest BCUT2D eigenvalue weighted by Gasteiger charge is 2.48. The Hall–Kier alpha value is -1.37. The highest BCUT2D eigenvalue weighted by molar-refractivity contribution is 9.11. The Bertz CT molecular complexity index is 713. The quantitative estimate of drug-likeness (QED) is 0.365. The Kier molecular flexibility index (Phi) is 10.2. The van der Waals surface area contributed by atoms with Gasteiger partial charge in [0.2, 0.25) is 5.91 Å². The minimum atomic E-state index is -1.80. The molecule has 0 aromatic carbocycles. The van der Waals surface area contributed by atoms with E-state index < -0.39 is 41.6 Å². The van der Waals surface area contributed by atoms with Gasteiger partial charge in [0.25, 0.3) is 0 Å². The van der Waals surface area contributed by atoms with Gasteiger partial charge in [0, 0.05) is 13.0 Å². The lowest BCUT2D eigenvalue weighted by Gasteiger charge is -2.38. The summed E-state index contributed by atoms with van der Waals surface area (Å²) in [5, 5.41) is 19.6. The van der Waals surface area contributed by atoms with E-state index in [0.717, 1.165) is 4.90 Å². The van der Waals surface area contributed by atoms with Crippen LogP contribution in [0.15, 0.2) is 10.6 Å². The molecule has 4 atom stereocenters. The molecule has 1 saturated heterocycles. The molecule has 0 aliphatic carbocycles. The average molecular weight is 522 g/mol. The van der Waals surface area contributed by atoms with Gasteiger partial charge in [-0.05, 0) is 34.3 Å². The van der Waals surface area contributed by atoms with Crippen LogP contribution in [-0.2, 0) is 28.5 Å². The van der Waals surface area contributed by atoms with Gasteiger partial charge in [-0.3, -0.25) is 9.59 Å². The lowest BCUT2D eigenvalue weighted by molar-refractivity contribution is -0.217. The minimum absolute atomic E-state index is 0.0133. The highest BCUT2D eigenvalue weighted by atomic mass is 79.9. The number of ether oxygens (including phenoxy) is 4. The molecule has 32 heavy (non-hydrogen) atoms. The summed E-state index contributed by atoms with van der Waals surface area (Å²) in [5.74, 6) is -3.87. The van der Waals surface area contributed by atoms with Crippen LogP contribution in [0.1, 0.15) is 33.6 Å². The van der Waals surface area contributed by atoms with Gasteiger partial charge < -0.3 is 29.2 Å². The number of hydrogen-bond acceptors (Lipinski definition) is 9. The second kappa shape index (κ2) is 12.2. The van der Waals surface area contributed by atoms with Crippen LogP contribution in [0.3, 0.4) is 0 Å². The van der Waals surface area contributed by atoms with Gasteiger partial charge in [-0.2, -0.15) is 0 Å². The number of imide groups is 1. The average Bonchev–Trinajstić information content (AvgIpc) is 3.13. The van der Waals surface area contributed by atoms with Gasteiger partial charge >= 0.3 is 6.09 Å². The van der Waals surface area contributed by atoms with Crippen molar-refractivity contribution in [1.29, 1.82) is 0 Å². The third-order valence-corrected chi connectivity index (χ3v) is 6.26. The van der Waals surface area contributed by atoms with Gasteiger partial charge in [-0.15, -0.1) is 0 Å². The Morgan fingerprint density at radius 3 is 2.53 bits per heavy atom. The maximum atomic E-state index is 13.0. The van der Waals surface area contributed by atoms with E-state index in [9.17, 15) is 19.5 Å². The van der Waals surface area contributed by atoms with Crippen molar-refractivity contribution in [2.24, 2.45) is 11.8 Å². The summed E-state index contributed by atoms with van der Waals surface area (Å²) in [7, 11) is 0. The molecular weight excluding hydrogens is 490 g/mol. The van der Waals surface area contributed by atoms with Crippen molar-refractivity contribution >= 4 is 33.7 Å². The van der Waals surface area contributed by atoms with Crippen LogP contribution in [0.2, 0.25) is 0 Å². The standard InChI is InChI=1S/C21H32BrNO9/c1-13(2)15-12-31-20(27)23(15)19(26)14(3)18-16(25)11-17(22)21(28,32-18)5-4-7-29-9-10-30-8-6-24/h11,13-15,18,24,28H,4-10,12H2,1-3H3/t14-,15+,18+,21+/m1/s1. The lowest BCUT2D eigenvalue weighted by atomic mass is 9.93. The summed E-state index contributed by atoms with van der Waals surface area (Å²) >= 11 is 3.19. The first kappa shape index (κ1) is 26.9. The highest BCUT2D eigenvalue weighted by Crippen LogP contribution is 2.37. The molecular formula is C21H32BrNO9. The third kappa shape index (κ3) is 6.58. The maximum Gasteiger partial charge on any atom is 0.416 e. The van der Waals surface area contributed by atoms with Gasteiger partial charge in [0.15, 0.2) is 11.6 Å². The van der Waals surface area contributed by atoms with Crippen LogP contribution < -0.4 is 0 Å². The normalized spacial score (nSPS) is 27.0. The molecule has 0 bridgehead atoms. The molecule has 0 aromatic rings. The van der Waals surface area contributed by atoms with Crippen LogP contribution in [0, 0.1) is 11.8 Å².